The zero-order valence-corrected chi connectivity index (χ0v) is 6.09. The van der Waals surface area contributed by atoms with E-state index in [9.17, 15) is 5.11 Å². The second kappa shape index (κ2) is 1.96. The first-order chi connectivity index (χ1) is 4.10. The van der Waals surface area contributed by atoms with Crippen LogP contribution in [0, 0.1) is 11.8 Å². The van der Waals surface area contributed by atoms with Crippen molar-refractivity contribution in [3.05, 3.63) is 0 Å². The molecule has 3 N–H and O–H groups in total. The maximum Gasteiger partial charge on any atom is 0.0799 e. The van der Waals surface area contributed by atoms with E-state index in [4.69, 9.17) is 5.73 Å². The average Bonchev–Trinajstić information content (AvgIpc) is 1.87. The molecule has 0 aromatic heterocycles. The standard InChI is InChI=1S/C7H15NO/c1-5-3-7(9,4-8)6(5)2/h5-6,9H,3-4,8H2,1-2H3. The fourth-order valence-electron chi connectivity index (χ4n) is 1.56. The zero-order valence-electron chi connectivity index (χ0n) is 6.09. The summed E-state index contributed by atoms with van der Waals surface area (Å²) in [7, 11) is 0. The molecule has 2 nitrogen and oxygen atoms in total. The molecule has 1 saturated carbocycles. The van der Waals surface area contributed by atoms with Gasteiger partial charge in [-0.15, -0.1) is 0 Å². The highest BCUT2D eigenvalue weighted by molar-refractivity contribution is 4.98. The molecule has 3 unspecified atom stereocenters. The lowest BCUT2D eigenvalue weighted by Gasteiger charge is -2.48. The van der Waals surface area contributed by atoms with Crippen LogP contribution in [0.25, 0.3) is 0 Å². The highest BCUT2D eigenvalue weighted by atomic mass is 16.3. The minimum absolute atomic E-state index is 0.391. The van der Waals surface area contributed by atoms with E-state index < -0.39 is 5.60 Å². The Bertz CT molecular complexity index is 115. The molecule has 0 radical (unpaired) electrons. The normalized spacial score (nSPS) is 50.7. The lowest BCUT2D eigenvalue weighted by atomic mass is 9.63. The van der Waals surface area contributed by atoms with Crippen molar-refractivity contribution in [2.45, 2.75) is 25.9 Å². The molecule has 1 rings (SSSR count). The summed E-state index contributed by atoms with van der Waals surface area (Å²) in [6.07, 6.45) is 0.880. The third-order valence-electron chi connectivity index (χ3n) is 2.73. The Hall–Kier alpha value is -0.0800. The van der Waals surface area contributed by atoms with Crippen molar-refractivity contribution in [1.82, 2.24) is 0 Å². The fourth-order valence-corrected chi connectivity index (χ4v) is 1.56. The van der Waals surface area contributed by atoms with Gasteiger partial charge in [0, 0.05) is 6.54 Å². The van der Waals surface area contributed by atoms with Gasteiger partial charge in [0.1, 0.15) is 0 Å². The first kappa shape index (κ1) is 7.03. The number of hydrogen-bond acceptors (Lipinski definition) is 2. The smallest absolute Gasteiger partial charge is 0.0799 e. The van der Waals surface area contributed by atoms with E-state index in [2.05, 4.69) is 13.8 Å². The van der Waals surface area contributed by atoms with E-state index in [1.165, 1.54) is 0 Å². The van der Waals surface area contributed by atoms with Gasteiger partial charge in [-0.3, -0.25) is 0 Å². The van der Waals surface area contributed by atoms with Crippen LogP contribution in [-0.2, 0) is 0 Å². The van der Waals surface area contributed by atoms with Gasteiger partial charge in [0.05, 0.1) is 5.60 Å². The summed E-state index contributed by atoms with van der Waals surface area (Å²) >= 11 is 0. The summed E-state index contributed by atoms with van der Waals surface area (Å²) in [6.45, 7) is 4.62. The van der Waals surface area contributed by atoms with E-state index in [-0.39, 0.29) is 0 Å². The van der Waals surface area contributed by atoms with Gasteiger partial charge in [-0.1, -0.05) is 13.8 Å². The topological polar surface area (TPSA) is 46.2 Å². The van der Waals surface area contributed by atoms with Gasteiger partial charge >= 0.3 is 0 Å². The first-order valence-corrected chi connectivity index (χ1v) is 3.52. The Labute approximate surface area is 56.1 Å². The molecule has 0 bridgehead atoms. The van der Waals surface area contributed by atoms with Crippen molar-refractivity contribution in [2.24, 2.45) is 17.6 Å². The third-order valence-corrected chi connectivity index (χ3v) is 2.73. The maximum atomic E-state index is 9.53. The lowest BCUT2D eigenvalue weighted by Crippen LogP contribution is -2.56. The monoisotopic (exact) mass is 129 g/mol. The van der Waals surface area contributed by atoms with Gasteiger partial charge < -0.3 is 10.8 Å². The molecule has 0 aliphatic heterocycles. The summed E-state index contributed by atoms with van der Waals surface area (Å²) in [4.78, 5) is 0. The predicted molar refractivity (Wildman–Crippen MR) is 36.9 cm³/mol. The van der Waals surface area contributed by atoms with E-state index in [0.29, 0.717) is 18.4 Å². The van der Waals surface area contributed by atoms with Crippen LogP contribution < -0.4 is 5.73 Å². The Morgan fingerprint density at radius 1 is 1.67 bits per heavy atom. The van der Waals surface area contributed by atoms with Gasteiger partial charge in [-0.25, -0.2) is 0 Å². The predicted octanol–water partition coefficient (Wildman–Crippen LogP) is 0.352. The van der Waals surface area contributed by atoms with E-state index in [1.807, 2.05) is 0 Å². The lowest BCUT2D eigenvalue weighted by molar-refractivity contribution is -0.116. The molecule has 1 fully saturated rings. The molecule has 0 saturated heterocycles. The van der Waals surface area contributed by atoms with E-state index in [1.54, 1.807) is 0 Å². The molecule has 3 atom stereocenters. The van der Waals surface area contributed by atoms with Crippen molar-refractivity contribution in [3.63, 3.8) is 0 Å². The largest absolute Gasteiger partial charge is 0.388 e. The van der Waals surface area contributed by atoms with E-state index in [0.717, 1.165) is 6.42 Å². The highest BCUT2D eigenvalue weighted by Gasteiger charge is 2.46. The second-order valence-corrected chi connectivity index (χ2v) is 3.28. The van der Waals surface area contributed by atoms with Crippen LogP contribution >= 0.6 is 0 Å². The third kappa shape index (κ3) is 0.864. The molecule has 0 amide bonds. The first-order valence-electron chi connectivity index (χ1n) is 3.52. The SMILES string of the molecule is CC1CC(O)(CN)C1C. The molecular weight excluding hydrogens is 114 g/mol. The van der Waals surface area contributed by atoms with Crippen LogP contribution in [-0.4, -0.2) is 17.3 Å². The summed E-state index contributed by atoms with van der Waals surface area (Å²) < 4.78 is 0. The minimum Gasteiger partial charge on any atom is -0.388 e. The number of rotatable bonds is 1. The van der Waals surface area contributed by atoms with Crippen molar-refractivity contribution in [2.75, 3.05) is 6.54 Å². The quantitative estimate of drug-likeness (QED) is 0.536. The van der Waals surface area contributed by atoms with Gasteiger partial charge in [-0.05, 0) is 18.3 Å². The molecule has 0 aromatic rings. The van der Waals surface area contributed by atoms with Crippen LogP contribution in [0.4, 0.5) is 0 Å². The number of hydrogen-bond donors (Lipinski definition) is 2. The average molecular weight is 129 g/mol. The van der Waals surface area contributed by atoms with Crippen molar-refractivity contribution < 1.29 is 5.11 Å². The van der Waals surface area contributed by atoms with Gasteiger partial charge in [0.2, 0.25) is 0 Å². The molecule has 2 heteroatoms. The molecule has 0 aromatic carbocycles. The number of nitrogens with two attached hydrogens (primary N) is 1. The molecule has 54 valence electrons. The van der Waals surface area contributed by atoms with Crippen molar-refractivity contribution in [3.8, 4) is 0 Å². The molecule has 0 spiro atoms. The molecule has 1 aliphatic carbocycles. The molecule has 9 heavy (non-hydrogen) atoms. The van der Waals surface area contributed by atoms with Gasteiger partial charge in [0.25, 0.3) is 0 Å². The summed E-state index contributed by atoms with van der Waals surface area (Å²) in [6, 6.07) is 0. The molecule has 0 heterocycles. The van der Waals surface area contributed by atoms with Crippen molar-refractivity contribution >= 4 is 0 Å². The van der Waals surface area contributed by atoms with Crippen LogP contribution in [0.15, 0.2) is 0 Å². The molecule has 1 aliphatic rings. The van der Waals surface area contributed by atoms with E-state index >= 15 is 0 Å². The Morgan fingerprint density at radius 2 is 2.22 bits per heavy atom. The highest BCUT2D eigenvalue weighted by Crippen LogP contribution is 2.42. The van der Waals surface area contributed by atoms with Crippen LogP contribution in [0.2, 0.25) is 0 Å². The summed E-state index contributed by atoms with van der Waals surface area (Å²) in [5, 5.41) is 9.53. The Morgan fingerprint density at radius 3 is 2.33 bits per heavy atom. The summed E-state index contributed by atoms with van der Waals surface area (Å²) in [5.41, 5.74) is 4.84. The molecular formula is C7H15NO. The van der Waals surface area contributed by atoms with Crippen molar-refractivity contribution in [1.29, 1.82) is 0 Å². The minimum atomic E-state index is -0.528. The number of aliphatic hydroxyl groups is 1. The van der Waals surface area contributed by atoms with Crippen LogP contribution in [0.1, 0.15) is 20.3 Å². The van der Waals surface area contributed by atoms with Gasteiger partial charge in [-0.2, -0.15) is 0 Å². The van der Waals surface area contributed by atoms with Crippen LogP contribution in [0.3, 0.4) is 0 Å². The zero-order chi connectivity index (χ0) is 7.07. The maximum absolute atomic E-state index is 9.53. The summed E-state index contributed by atoms with van der Waals surface area (Å²) in [5.74, 6) is 1.04. The van der Waals surface area contributed by atoms with Crippen LogP contribution in [0.5, 0.6) is 0 Å². The Kier molecular flexibility index (Phi) is 1.53. The fraction of sp³-hybridized carbons (Fsp3) is 1.00. The van der Waals surface area contributed by atoms with Gasteiger partial charge in [0.15, 0.2) is 0 Å². The Balaban J connectivity index is 2.48. The second-order valence-electron chi connectivity index (χ2n) is 3.28.